The van der Waals surface area contributed by atoms with Crippen molar-refractivity contribution in [1.82, 2.24) is 0 Å². The van der Waals surface area contributed by atoms with Crippen LogP contribution in [0.4, 0.5) is 0 Å². The molecule has 0 saturated carbocycles. The highest BCUT2D eigenvalue weighted by atomic mass is 14.1. The number of hydrogen-bond acceptors (Lipinski definition) is 0. The Labute approximate surface area is 70.0 Å². The van der Waals surface area contributed by atoms with Crippen molar-refractivity contribution >= 4 is 0 Å². The molecule has 0 N–H and O–H groups in total. The second kappa shape index (κ2) is 5.17. The van der Waals surface area contributed by atoms with E-state index in [2.05, 4.69) is 31.2 Å². The summed E-state index contributed by atoms with van der Waals surface area (Å²) < 4.78 is 0. The van der Waals surface area contributed by atoms with E-state index in [4.69, 9.17) is 0 Å². The third-order valence-electron chi connectivity index (χ3n) is 2.29. The van der Waals surface area contributed by atoms with Gasteiger partial charge in [0, 0.05) is 0 Å². The second-order valence-electron chi connectivity index (χ2n) is 3.34. The first-order chi connectivity index (χ1) is 5.43. The summed E-state index contributed by atoms with van der Waals surface area (Å²) in [5.74, 6) is 0.921. The molecule has 1 aliphatic carbocycles. The number of rotatable bonds is 3. The van der Waals surface area contributed by atoms with Gasteiger partial charge < -0.3 is 0 Å². The van der Waals surface area contributed by atoms with Crippen molar-refractivity contribution in [2.24, 2.45) is 5.92 Å². The first-order valence-electron chi connectivity index (χ1n) is 4.75. The molecule has 62 valence electrons. The van der Waals surface area contributed by atoms with Crippen molar-refractivity contribution in [2.75, 3.05) is 0 Å². The Morgan fingerprint density at radius 2 is 1.82 bits per heavy atom. The molecule has 0 atom stereocenters. The van der Waals surface area contributed by atoms with E-state index in [9.17, 15) is 0 Å². The first-order valence-corrected chi connectivity index (χ1v) is 4.75. The quantitative estimate of drug-likeness (QED) is 0.575. The fourth-order valence-corrected chi connectivity index (χ4v) is 1.52. The lowest BCUT2D eigenvalue weighted by molar-refractivity contribution is 0.477. The van der Waals surface area contributed by atoms with Gasteiger partial charge in [-0.25, -0.2) is 0 Å². The molecule has 0 unspecified atom stereocenters. The van der Waals surface area contributed by atoms with Gasteiger partial charge in [0.1, 0.15) is 0 Å². The molecule has 0 heterocycles. The lowest BCUT2D eigenvalue weighted by atomic mass is 9.96. The Bertz CT molecular complexity index is 128. The van der Waals surface area contributed by atoms with E-state index >= 15 is 0 Å². The monoisotopic (exact) mass is 150 g/mol. The highest BCUT2D eigenvalue weighted by molar-refractivity contribution is 5.06. The van der Waals surface area contributed by atoms with Gasteiger partial charge in [0.15, 0.2) is 0 Å². The van der Waals surface area contributed by atoms with Crippen LogP contribution in [0.25, 0.3) is 0 Å². The molecular formula is C11H18. The molecule has 0 aromatic heterocycles. The Kier molecular flexibility index (Phi) is 4.03. The summed E-state index contributed by atoms with van der Waals surface area (Å²) in [6.07, 6.45) is 15.6. The fraction of sp³-hybridized carbons (Fsp3) is 0.636. The topological polar surface area (TPSA) is 0 Å². The summed E-state index contributed by atoms with van der Waals surface area (Å²) in [6.45, 7) is 2.27. The van der Waals surface area contributed by atoms with Gasteiger partial charge in [-0.15, -0.1) is 0 Å². The van der Waals surface area contributed by atoms with E-state index in [1.807, 2.05) is 0 Å². The number of allylic oxidation sites excluding steroid dienone is 4. The molecule has 0 fully saturated rings. The van der Waals surface area contributed by atoms with Crippen LogP contribution in [-0.2, 0) is 0 Å². The van der Waals surface area contributed by atoms with E-state index in [1.54, 1.807) is 0 Å². The highest BCUT2D eigenvalue weighted by Crippen LogP contribution is 2.19. The van der Waals surface area contributed by atoms with Gasteiger partial charge in [-0.3, -0.25) is 0 Å². The molecule has 0 radical (unpaired) electrons. The van der Waals surface area contributed by atoms with E-state index in [0.29, 0.717) is 0 Å². The lowest BCUT2D eigenvalue weighted by Crippen LogP contribution is -1.96. The molecule has 1 aliphatic rings. The van der Waals surface area contributed by atoms with Crippen molar-refractivity contribution in [3.63, 3.8) is 0 Å². The average Bonchev–Trinajstić information content (AvgIpc) is 2.28. The van der Waals surface area contributed by atoms with Crippen LogP contribution in [0.3, 0.4) is 0 Å². The zero-order chi connectivity index (χ0) is 7.94. The Balaban J connectivity index is 2.23. The molecule has 0 heteroatoms. The van der Waals surface area contributed by atoms with Gasteiger partial charge in [0.2, 0.25) is 0 Å². The van der Waals surface area contributed by atoms with Crippen LogP contribution in [0.1, 0.15) is 39.0 Å². The van der Waals surface area contributed by atoms with Crippen molar-refractivity contribution in [2.45, 2.75) is 39.0 Å². The Morgan fingerprint density at radius 1 is 1.18 bits per heavy atom. The summed E-state index contributed by atoms with van der Waals surface area (Å²) in [6, 6.07) is 0. The zero-order valence-electron chi connectivity index (χ0n) is 7.42. The molecule has 0 aromatic rings. The van der Waals surface area contributed by atoms with Crippen LogP contribution in [0.15, 0.2) is 24.3 Å². The minimum atomic E-state index is 0.921. The normalized spacial score (nSPS) is 18.6. The van der Waals surface area contributed by atoms with E-state index < -0.39 is 0 Å². The summed E-state index contributed by atoms with van der Waals surface area (Å²) in [4.78, 5) is 0. The van der Waals surface area contributed by atoms with Crippen LogP contribution in [0.5, 0.6) is 0 Å². The summed E-state index contributed by atoms with van der Waals surface area (Å²) >= 11 is 0. The molecule has 0 amide bonds. The molecule has 11 heavy (non-hydrogen) atoms. The predicted octanol–water partition coefficient (Wildman–Crippen LogP) is 3.70. The molecule has 0 nitrogen and oxygen atoms in total. The molecule has 0 spiro atoms. The van der Waals surface area contributed by atoms with Crippen LogP contribution in [0.2, 0.25) is 0 Å². The molecule has 1 rings (SSSR count). The minimum Gasteiger partial charge on any atom is -0.0843 e. The summed E-state index contributed by atoms with van der Waals surface area (Å²) in [5, 5.41) is 0. The summed E-state index contributed by atoms with van der Waals surface area (Å²) in [7, 11) is 0. The third kappa shape index (κ3) is 3.41. The largest absolute Gasteiger partial charge is 0.0843 e. The Morgan fingerprint density at radius 3 is 2.36 bits per heavy atom. The fourth-order valence-electron chi connectivity index (χ4n) is 1.52. The predicted molar refractivity (Wildman–Crippen MR) is 50.5 cm³/mol. The van der Waals surface area contributed by atoms with Gasteiger partial charge in [0.25, 0.3) is 0 Å². The van der Waals surface area contributed by atoms with Gasteiger partial charge in [-0.05, 0) is 25.2 Å². The van der Waals surface area contributed by atoms with Crippen LogP contribution >= 0.6 is 0 Å². The maximum absolute atomic E-state index is 2.30. The van der Waals surface area contributed by atoms with Crippen molar-refractivity contribution in [3.05, 3.63) is 24.3 Å². The lowest BCUT2D eigenvalue weighted by Gasteiger charge is -2.10. The third-order valence-corrected chi connectivity index (χ3v) is 2.29. The first kappa shape index (κ1) is 8.58. The van der Waals surface area contributed by atoms with E-state index in [1.165, 1.54) is 32.1 Å². The smallest absolute Gasteiger partial charge is 0.0316 e. The Hall–Kier alpha value is -0.520. The maximum Gasteiger partial charge on any atom is -0.0316 e. The van der Waals surface area contributed by atoms with Gasteiger partial charge in [-0.1, -0.05) is 44.1 Å². The SMILES string of the molecule is CCCCC1CC=CC=CC1. The molecule has 0 aromatic carbocycles. The van der Waals surface area contributed by atoms with Gasteiger partial charge in [-0.2, -0.15) is 0 Å². The van der Waals surface area contributed by atoms with Crippen LogP contribution in [-0.4, -0.2) is 0 Å². The molecule has 0 saturated heterocycles. The number of unbranched alkanes of at least 4 members (excludes halogenated alkanes) is 1. The molecular weight excluding hydrogens is 132 g/mol. The van der Waals surface area contributed by atoms with E-state index in [-0.39, 0.29) is 0 Å². The standard InChI is InChI=1S/C11H18/c1-2-3-8-11-9-6-4-5-7-10-11/h4-7,11H,2-3,8-10H2,1H3. The maximum atomic E-state index is 2.30. The molecule has 0 aliphatic heterocycles. The second-order valence-corrected chi connectivity index (χ2v) is 3.34. The summed E-state index contributed by atoms with van der Waals surface area (Å²) in [5.41, 5.74) is 0. The van der Waals surface area contributed by atoms with Crippen molar-refractivity contribution in [3.8, 4) is 0 Å². The number of hydrogen-bond donors (Lipinski definition) is 0. The van der Waals surface area contributed by atoms with Gasteiger partial charge >= 0.3 is 0 Å². The minimum absolute atomic E-state index is 0.921. The molecule has 0 bridgehead atoms. The van der Waals surface area contributed by atoms with Crippen molar-refractivity contribution in [1.29, 1.82) is 0 Å². The highest BCUT2D eigenvalue weighted by Gasteiger charge is 2.04. The van der Waals surface area contributed by atoms with Crippen LogP contribution in [0, 0.1) is 5.92 Å². The van der Waals surface area contributed by atoms with Crippen molar-refractivity contribution < 1.29 is 0 Å². The zero-order valence-corrected chi connectivity index (χ0v) is 7.42. The average molecular weight is 150 g/mol. The van der Waals surface area contributed by atoms with Gasteiger partial charge in [0.05, 0.1) is 0 Å². The van der Waals surface area contributed by atoms with Crippen LogP contribution < -0.4 is 0 Å². The van der Waals surface area contributed by atoms with E-state index in [0.717, 1.165) is 5.92 Å².